The van der Waals surface area contributed by atoms with Crippen molar-refractivity contribution in [2.75, 3.05) is 13.1 Å². The minimum Gasteiger partial charge on any atom is -0.481 e. The van der Waals surface area contributed by atoms with Crippen molar-refractivity contribution in [1.29, 1.82) is 0 Å². The highest BCUT2D eigenvalue weighted by Crippen LogP contribution is 2.33. The Morgan fingerprint density at radius 3 is 2.46 bits per heavy atom. The Kier molecular flexibility index (Phi) is 5.06. The molecule has 1 aliphatic heterocycles. The maximum Gasteiger partial charge on any atom is 0.308 e. The van der Waals surface area contributed by atoms with Crippen LogP contribution in [-0.2, 0) is 16.1 Å². The van der Waals surface area contributed by atoms with Gasteiger partial charge in [-0.05, 0) is 44.0 Å². The zero-order valence-electron chi connectivity index (χ0n) is 15.3. The van der Waals surface area contributed by atoms with Crippen LogP contribution in [0.2, 0.25) is 0 Å². The number of hydrogen-bond acceptors (Lipinski definition) is 4. The molecule has 0 unspecified atom stereocenters. The lowest BCUT2D eigenvalue weighted by molar-refractivity contribution is -0.141. The van der Waals surface area contributed by atoms with Crippen molar-refractivity contribution in [2.24, 2.45) is 5.92 Å². The van der Waals surface area contributed by atoms with Crippen molar-refractivity contribution in [1.82, 2.24) is 19.7 Å². The molecule has 2 aromatic rings. The second-order valence-corrected chi connectivity index (χ2v) is 6.90. The average Bonchev–Trinajstić information content (AvgIpc) is 3.18. The molecule has 1 amide bonds. The zero-order chi connectivity index (χ0) is 18.8. The predicted molar refractivity (Wildman–Crippen MR) is 95.7 cm³/mol. The fraction of sp³-hybridized carbons (Fsp3) is 0.474. The van der Waals surface area contributed by atoms with Gasteiger partial charge in [0.15, 0.2) is 0 Å². The Labute approximate surface area is 152 Å². The molecule has 7 heteroatoms. The quantitative estimate of drug-likeness (QED) is 0.884. The Morgan fingerprint density at radius 1 is 1.19 bits per heavy atom. The van der Waals surface area contributed by atoms with Crippen LogP contribution in [0.3, 0.4) is 0 Å². The maximum absolute atomic E-state index is 12.6. The third-order valence-corrected chi connectivity index (χ3v) is 5.40. The van der Waals surface area contributed by atoms with Crippen LogP contribution < -0.4 is 0 Å². The first-order chi connectivity index (χ1) is 12.4. The third-order valence-electron chi connectivity index (χ3n) is 5.40. The molecule has 7 nitrogen and oxygen atoms in total. The van der Waals surface area contributed by atoms with Gasteiger partial charge < -0.3 is 10.0 Å². The molecule has 2 atom stereocenters. The van der Waals surface area contributed by atoms with Crippen molar-refractivity contribution in [3.05, 3.63) is 47.0 Å². The smallest absolute Gasteiger partial charge is 0.308 e. The van der Waals surface area contributed by atoms with Crippen molar-refractivity contribution >= 4 is 11.9 Å². The lowest BCUT2D eigenvalue weighted by atomic mass is 9.90. The minimum absolute atomic E-state index is 0.0296. The molecule has 1 fully saturated rings. The summed E-state index contributed by atoms with van der Waals surface area (Å²) in [7, 11) is 0. The first-order valence-electron chi connectivity index (χ1n) is 8.79. The highest BCUT2D eigenvalue weighted by atomic mass is 16.4. The van der Waals surface area contributed by atoms with Crippen LogP contribution in [-0.4, -0.2) is 49.7 Å². The Balaban J connectivity index is 1.68. The molecular weight excluding hydrogens is 332 g/mol. The predicted octanol–water partition coefficient (Wildman–Crippen LogP) is 1.92. The van der Waals surface area contributed by atoms with Crippen LogP contribution in [0.1, 0.15) is 34.9 Å². The summed E-state index contributed by atoms with van der Waals surface area (Å²) in [6, 6.07) is 3.65. The monoisotopic (exact) mass is 356 g/mol. The molecule has 1 N–H and O–H groups in total. The number of carboxylic acid groups (broad SMARTS) is 1. The van der Waals surface area contributed by atoms with Gasteiger partial charge >= 0.3 is 5.97 Å². The van der Waals surface area contributed by atoms with Gasteiger partial charge in [-0.25, -0.2) is 0 Å². The van der Waals surface area contributed by atoms with Gasteiger partial charge in [0.25, 0.3) is 0 Å². The second-order valence-electron chi connectivity index (χ2n) is 6.90. The second kappa shape index (κ2) is 7.27. The van der Waals surface area contributed by atoms with Gasteiger partial charge in [0.2, 0.25) is 5.91 Å². The number of aromatic nitrogens is 3. The van der Waals surface area contributed by atoms with E-state index in [1.165, 1.54) is 0 Å². The fourth-order valence-electron chi connectivity index (χ4n) is 3.57. The molecule has 26 heavy (non-hydrogen) atoms. The molecule has 0 saturated carbocycles. The van der Waals surface area contributed by atoms with E-state index in [1.807, 2.05) is 37.6 Å². The number of amides is 1. The number of pyridine rings is 1. The number of rotatable bonds is 5. The third kappa shape index (κ3) is 3.47. The summed E-state index contributed by atoms with van der Waals surface area (Å²) in [5, 5.41) is 14.0. The summed E-state index contributed by atoms with van der Waals surface area (Å²) in [6.45, 7) is 7.15. The van der Waals surface area contributed by atoms with E-state index in [9.17, 15) is 14.7 Å². The minimum atomic E-state index is -0.865. The summed E-state index contributed by atoms with van der Waals surface area (Å²) in [6.07, 6.45) is 3.63. The molecule has 0 aliphatic carbocycles. The normalized spacial score (nSPS) is 19.7. The number of hydrogen-bond donors (Lipinski definition) is 1. The summed E-state index contributed by atoms with van der Waals surface area (Å²) >= 11 is 0. The maximum atomic E-state index is 12.6. The largest absolute Gasteiger partial charge is 0.481 e. The summed E-state index contributed by atoms with van der Waals surface area (Å²) in [5.41, 5.74) is 4.09. The van der Waals surface area contributed by atoms with Crippen molar-refractivity contribution in [2.45, 2.75) is 39.7 Å². The van der Waals surface area contributed by atoms with Crippen LogP contribution in [0.15, 0.2) is 24.5 Å². The van der Waals surface area contributed by atoms with Crippen LogP contribution in [0.25, 0.3) is 0 Å². The molecule has 0 bridgehead atoms. The molecule has 138 valence electrons. The van der Waals surface area contributed by atoms with Gasteiger partial charge in [-0.3, -0.25) is 19.3 Å². The van der Waals surface area contributed by atoms with Crippen LogP contribution in [0.5, 0.6) is 0 Å². The van der Waals surface area contributed by atoms with Gasteiger partial charge in [-0.1, -0.05) is 0 Å². The van der Waals surface area contributed by atoms with Gasteiger partial charge in [0, 0.05) is 50.1 Å². The molecule has 0 spiro atoms. The summed E-state index contributed by atoms with van der Waals surface area (Å²) < 4.78 is 1.85. The standard InChI is InChI=1S/C19H24N4O3/c1-12-13(2)21-23(14(12)3)9-6-18(24)22-10-16(17(11-22)19(25)26)15-4-7-20-8-5-15/h4-5,7-8,16-17H,6,9-11H2,1-3H3,(H,25,26)/t16-,17+/m1/s1. The number of likely N-dealkylation sites (tertiary alicyclic amines) is 1. The van der Waals surface area contributed by atoms with Gasteiger partial charge in [-0.15, -0.1) is 0 Å². The summed E-state index contributed by atoms with van der Waals surface area (Å²) in [4.78, 5) is 29.9. The van der Waals surface area contributed by atoms with E-state index in [0.29, 0.717) is 19.5 Å². The lowest BCUT2D eigenvalue weighted by Crippen LogP contribution is -2.30. The van der Waals surface area contributed by atoms with Crippen molar-refractivity contribution < 1.29 is 14.7 Å². The molecule has 3 rings (SSSR count). The highest BCUT2D eigenvalue weighted by Gasteiger charge is 2.40. The highest BCUT2D eigenvalue weighted by molar-refractivity contribution is 5.79. The first kappa shape index (κ1) is 18.1. The van der Waals surface area contributed by atoms with Gasteiger partial charge in [-0.2, -0.15) is 5.10 Å². The van der Waals surface area contributed by atoms with E-state index in [1.54, 1.807) is 17.3 Å². The molecular formula is C19H24N4O3. The van der Waals surface area contributed by atoms with E-state index >= 15 is 0 Å². The van der Waals surface area contributed by atoms with E-state index in [2.05, 4.69) is 10.1 Å². The molecule has 1 aliphatic rings. The Bertz CT molecular complexity index is 816. The Morgan fingerprint density at radius 2 is 1.88 bits per heavy atom. The topological polar surface area (TPSA) is 88.3 Å². The molecule has 3 heterocycles. The van der Waals surface area contributed by atoms with Crippen molar-refractivity contribution in [3.8, 4) is 0 Å². The lowest BCUT2D eigenvalue weighted by Gasteiger charge is -2.17. The zero-order valence-corrected chi connectivity index (χ0v) is 15.3. The number of aliphatic carboxylic acids is 1. The summed E-state index contributed by atoms with van der Waals surface area (Å²) in [5.74, 6) is -1.68. The molecule has 2 aromatic heterocycles. The van der Waals surface area contributed by atoms with E-state index < -0.39 is 11.9 Å². The fourth-order valence-corrected chi connectivity index (χ4v) is 3.57. The number of carbonyl (C=O) groups excluding carboxylic acids is 1. The first-order valence-corrected chi connectivity index (χ1v) is 8.79. The van der Waals surface area contributed by atoms with Crippen LogP contribution in [0.4, 0.5) is 0 Å². The van der Waals surface area contributed by atoms with Crippen LogP contribution in [0, 0.1) is 26.7 Å². The molecule has 1 saturated heterocycles. The molecule has 0 radical (unpaired) electrons. The Hall–Kier alpha value is -2.70. The number of nitrogens with zero attached hydrogens (tertiary/aromatic N) is 4. The number of aryl methyl sites for hydroxylation is 2. The number of carbonyl (C=O) groups is 2. The van der Waals surface area contributed by atoms with E-state index in [4.69, 9.17) is 0 Å². The average molecular weight is 356 g/mol. The van der Waals surface area contributed by atoms with Crippen LogP contribution >= 0.6 is 0 Å². The van der Waals surface area contributed by atoms with Crippen molar-refractivity contribution in [3.63, 3.8) is 0 Å². The van der Waals surface area contributed by atoms with Gasteiger partial charge in [0.1, 0.15) is 0 Å². The van der Waals surface area contributed by atoms with E-state index in [0.717, 1.165) is 22.5 Å². The van der Waals surface area contributed by atoms with E-state index in [-0.39, 0.29) is 18.4 Å². The molecule has 0 aromatic carbocycles. The van der Waals surface area contributed by atoms with Gasteiger partial charge in [0.05, 0.1) is 11.6 Å². The SMILES string of the molecule is Cc1nn(CCC(=O)N2C[C@H](C(=O)O)[C@@H](c3ccncc3)C2)c(C)c1C. The number of carboxylic acids is 1.